The fourth-order valence-corrected chi connectivity index (χ4v) is 3.75. The van der Waals surface area contributed by atoms with Gasteiger partial charge in [0.1, 0.15) is 0 Å². The van der Waals surface area contributed by atoms with E-state index in [0.29, 0.717) is 16.3 Å². The Hall–Kier alpha value is -2.38. The van der Waals surface area contributed by atoms with Crippen molar-refractivity contribution in [1.82, 2.24) is 0 Å². The summed E-state index contributed by atoms with van der Waals surface area (Å²) >= 11 is 5.75. The SMILES string of the molecule is CCOC(=O)c1ccc(NC(=O)CCCS(=O)(=O)c2ccc(Cl)cc2)cc1. The van der Waals surface area contributed by atoms with Crippen LogP contribution >= 0.6 is 11.6 Å². The van der Waals surface area contributed by atoms with Crippen molar-refractivity contribution in [2.45, 2.75) is 24.7 Å². The fraction of sp³-hybridized carbons (Fsp3) is 0.263. The number of carbonyl (C=O) groups excluding carboxylic acids is 2. The number of hydrogen-bond acceptors (Lipinski definition) is 5. The van der Waals surface area contributed by atoms with Crippen LogP contribution < -0.4 is 5.32 Å². The van der Waals surface area contributed by atoms with Crippen molar-refractivity contribution in [2.75, 3.05) is 17.7 Å². The fourth-order valence-electron chi connectivity index (χ4n) is 2.31. The van der Waals surface area contributed by atoms with Gasteiger partial charge in [0.25, 0.3) is 0 Å². The van der Waals surface area contributed by atoms with E-state index < -0.39 is 15.8 Å². The number of benzene rings is 2. The van der Waals surface area contributed by atoms with E-state index >= 15 is 0 Å². The van der Waals surface area contributed by atoms with Gasteiger partial charge in [-0.15, -0.1) is 0 Å². The Balaban J connectivity index is 1.84. The van der Waals surface area contributed by atoms with Crippen molar-refractivity contribution in [1.29, 1.82) is 0 Å². The predicted molar refractivity (Wildman–Crippen MR) is 104 cm³/mol. The van der Waals surface area contributed by atoms with Crippen LogP contribution in [0.5, 0.6) is 0 Å². The first kappa shape index (κ1) is 20.9. The minimum atomic E-state index is -3.46. The number of ether oxygens (including phenoxy) is 1. The highest BCUT2D eigenvalue weighted by Crippen LogP contribution is 2.17. The average molecular weight is 410 g/mol. The van der Waals surface area contributed by atoms with E-state index in [1.165, 1.54) is 24.3 Å². The molecule has 0 spiro atoms. The number of nitrogens with one attached hydrogen (secondary N) is 1. The van der Waals surface area contributed by atoms with Crippen molar-refractivity contribution in [3.63, 3.8) is 0 Å². The van der Waals surface area contributed by atoms with Gasteiger partial charge in [0, 0.05) is 17.1 Å². The summed E-state index contributed by atoms with van der Waals surface area (Å²) in [6.07, 6.45) is 0.254. The molecule has 2 aromatic rings. The molecule has 8 heteroatoms. The third-order valence-electron chi connectivity index (χ3n) is 3.67. The van der Waals surface area contributed by atoms with Gasteiger partial charge >= 0.3 is 5.97 Å². The second-order valence-electron chi connectivity index (χ2n) is 5.72. The Morgan fingerprint density at radius 1 is 1.04 bits per heavy atom. The topological polar surface area (TPSA) is 89.5 Å². The minimum Gasteiger partial charge on any atom is -0.462 e. The molecular weight excluding hydrogens is 390 g/mol. The van der Waals surface area contributed by atoms with Crippen LogP contribution in [-0.4, -0.2) is 32.7 Å². The van der Waals surface area contributed by atoms with E-state index in [0.717, 1.165) is 0 Å². The number of esters is 1. The summed E-state index contributed by atoms with van der Waals surface area (Å²) in [4.78, 5) is 23.7. The van der Waals surface area contributed by atoms with Crippen molar-refractivity contribution < 1.29 is 22.7 Å². The van der Waals surface area contributed by atoms with Gasteiger partial charge in [-0.3, -0.25) is 4.79 Å². The Bertz CT molecular complexity index is 893. The monoisotopic (exact) mass is 409 g/mol. The molecule has 0 radical (unpaired) electrons. The quantitative estimate of drug-likeness (QED) is 0.671. The maximum Gasteiger partial charge on any atom is 0.338 e. The lowest BCUT2D eigenvalue weighted by Gasteiger charge is -2.07. The van der Waals surface area contributed by atoms with Crippen LogP contribution in [0.4, 0.5) is 5.69 Å². The maximum atomic E-state index is 12.2. The average Bonchev–Trinajstić information content (AvgIpc) is 2.62. The largest absolute Gasteiger partial charge is 0.462 e. The molecule has 0 fully saturated rings. The summed E-state index contributed by atoms with van der Waals surface area (Å²) in [5.41, 5.74) is 0.914. The second kappa shape index (κ2) is 9.53. The zero-order chi connectivity index (χ0) is 19.9. The molecule has 0 saturated carbocycles. The van der Waals surface area contributed by atoms with Crippen LogP contribution in [0, 0.1) is 0 Å². The Morgan fingerprint density at radius 3 is 2.26 bits per heavy atom. The van der Waals surface area contributed by atoms with Crippen LogP contribution in [0.15, 0.2) is 53.4 Å². The third kappa shape index (κ3) is 6.37. The Labute approximate surface area is 163 Å². The van der Waals surface area contributed by atoms with Crippen LogP contribution in [0.25, 0.3) is 0 Å². The summed E-state index contributed by atoms with van der Waals surface area (Å²) in [5.74, 6) is -0.864. The predicted octanol–water partition coefficient (Wildman–Crippen LogP) is 3.71. The molecule has 0 heterocycles. The molecule has 1 N–H and O–H groups in total. The molecule has 0 unspecified atom stereocenters. The third-order valence-corrected chi connectivity index (χ3v) is 5.74. The molecule has 0 bridgehead atoms. The summed E-state index contributed by atoms with van der Waals surface area (Å²) < 4.78 is 29.3. The molecule has 0 aliphatic heterocycles. The lowest BCUT2D eigenvalue weighted by molar-refractivity contribution is -0.116. The van der Waals surface area contributed by atoms with Crippen molar-refractivity contribution >= 4 is 39.0 Å². The standard InChI is InChI=1S/C19H20ClNO5S/c1-2-26-19(23)14-5-9-16(10-6-14)21-18(22)4-3-13-27(24,25)17-11-7-15(20)8-12-17/h5-12H,2-4,13H2,1H3,(H,21,22). The van der Waals surface area contributed by atoms with Crippen LogP contribution in [0.2, 0.25) is 5.02 Å². The molecule has 1 amide bonds. The number of hydrogen-bond donors (Lipinski definition) is 1. The molecule has 144 valence electrons. The normalized spacial score (nSPS) is 11.0. The first-order chi connectivity index (χ1) is 12.8. The molecule has 2 aromatic carbocycles. The Kier molecular flexibility index (Phi) is 7.38. The lowest BCUT2D eigenvalue weighted by Crippen LogP contribution is -2.14. The summed E-state index contributed by atoms with van der Waals surface area (Å²) in [6.45, 7) is 2.01. The molecule has 2 rings (SSSR count). The summed E-state index contributed by atoms with van der Waals surface area (Å²) in [5, 5.41) is 3.13. The number of carbonyl (C=O) groups is 2. The lowest BCUT2D eigenvalue weighted by atomic mass is 10.2. The van der Waals surface area contributed by atoms with E-state index in [4.69, 9.17) is 16.3 Å². The number of rotatable bonds is 8. The van der Waals surface area contributed by atoms with Gasteiger partial charge in [0.15, 0.2) is 9.84 Å². The molecular formula is C19H20ClNO5S. The van der Waals surface area contributed by atoms with Gasteiger partial charge in [-0.25, -0.2) is 13.2 Å². The van der Waals surface area contributed by atoms with Crippen LogP contribution in [0.1, 0.15) is 30.1 Å². The molecule has 0 atom stereocenters. The van der Waals surface area contributed by atoms with Crippen LogP contribution in [0.3, 0.4) is 0 Å². The van der Waals surface area contributed by atoms with E-state index in [1.54, 1.807) is 31.2 Å². The van der Waals surface area contributed by atoms with Gasteiger partial charge in [-0.05, 0) is 61.9 Å². The van der Waals surface area contributed by atoms with E-state index in [-0.39, 0.29) is 36.0 Å². The highest BCUT2D eigenvalue weighted by atomic mass is 35.5. The van der Waals surface area contributed by atoms with Gasteiger partial charge in [-0.1, -0.05) is 11.6 Å². The molecule has 0 aliphatic carbocycles. The Morgan fingerprint density at radius 2 is 1.67 bits per heavy atom. The van der Waals surface area contributed by atoms with E-state index in [1.807, 2.05) is 0 Å². The number of sulfone groups is 1. The van der Waals surface area contributed by atoms with Gasteiger partial charge in [-0.2, -0.15) is 0 Å². The maximum absolute atomic E-state index is 12.2. The van der Waals surface area contributed by atoms with Gasteiger partial charge in [0.05, 0.1) is 22.8 Å². The van der Waals surface area contributed by atoms with Crippen molar-refractivity contribution in [2.24, 2.45) is 0 Å². The zero-order valence-electron chi connectivity index (χ0n) is 14.8. The highest BCUT2D eigenvalue weighted by Gasteiger charge is 2.15. The number of amides is 1. The molecule has 27 heavy (non-hydrogen) atoms. The zero-order valence-corrected chi connectivity index (χ0v) is 16.3. The van der Waals surface area contributed by atoms with Gasteiger partial charge < -0.3 is 10.1 Å². The summed E-state index contributed by atoms with van der Waals surface area (Å²) in [6, 6.07) is 12.2. The molecule has 6 nitrogen and oxygen atoms in total. The highest BCUT2D eigenvalue weighted by molar-refractivity contribution is 7.91. The number of anilines is 1. The smallest absolute Gasteiger partial charge is 0.338 e. The first-order valence-electron chi connectivity index (χ1n) is 8.37. The molecule has 0 aliphatic rings. The van der Waals surface area contributed by atoms with E-state index in [9.17, 15) is 18.0 Å². The molecule has 0 aromatic heterocycles. The van der Waals surface area contributed by atoms with Crippen molar-refractivity contribution in [3.05, 3.63) is 59.1 Å². The number of halogens is 1. The van der Waals surface area contributed by atoms with E-state index in [2.05, 4.69) is 5.32 Å². The van der Waals surface area contributed by atoms with Gasteiger partial charge in [0.2, 0.25) is 5.91 Å². The summed E-state index contributed by atoms with van der Waals surface area (Å²) in [7, 11) is -3.46. The molecule has 0 saturated heterocycles. The first-order valence-corrected chi connectivity index (χ1v) is 10.4. The minimum absolute atomic E-state index is 0.0620. The second-order valence-corrected chi connectivity index (χ2v) is 8.27. The van der Waals surface area contributed by atoms with Crippen molar-refractivity contribution in [3.8, 4) is 0 Å². The van der Waals surface area contributed by atoms with Crippen LogP contribution in [-0.2, 0) is 19.4 Å².